The molecule has 13 heavy (non-hydrogen) atoms. The van der Waals surface area contributed by atoms with Gasteiger partial charge < -0.3 is 0 Å². The third-order valence-electron chi connectivity index (χ3n) is 2.61. The minimum atomic E-state index is -0.481. The Morgan fingerprint density at radius 2 is 1.69 bits per heavy atom. The summed E-state index contributed by atoms with van der Waals surface area (Å²) in [6, 6.07) is 0. The Balaban J connectivity index is 4.24. The lowest BCUT2D eigenvalue weighted by Crippen LogP contribution is -2.20. The maximum atomic E-state index is 6.87. The van der Waals surface area contributed by atoms with Gasteiger partial charge in [-0.25, -0.2) is 22.8 Å². The molecular formula is C11H18N2. The van der Waals surface area contributed by atoms with E-state index in [1.165, 1.54) is 0 Å². The van der Waals surface area contributed by atoms with Crippen molar-refractivity contribution in [3.63, 3.8) is 0 Å². The molecule has 0 heterocycles. The van der Waals surface area contributed by atoms with E-state index in [-0.39, 0.29) is 11.3 Å². The summed E-state index contributed by atoms with van der Waals surface area (Å²) < 4.78 is 0. The zero-order chi connectivity index (χ0) is 10.5. The molecule has 72 valence electrons. The van der Waals surface area contributed by atoms with Crippen molar-refractivity contribution in [1.29, 1.82) is 0 Å². The highest BCUT2D eigenvalue weighted by Gasteiger charge is 2.31. The fraction of sp³-hybridized carbons (Fsp3) is 0.818. The van der Waals surface area contributed by atoms with Crippen LogP contribution in [0.5, 0.6) is 0 Å². The van der Waals surface area contributed by atoms with E-state index in [0.29, 0.717) is 0 Å². The SMILES string of the molecule is [C-]#[N+]C([N+]#[C-])C(C)CC(C)(C)CC. The molecule has 0 aromatic carbocycles. The van der Waals surface area contributed by atoms with Gasteiger partial charge in [0, 0.05) is 0 Å². The molecule has 0 amide bonds. The number of rotatable bonds is 4. The molecule has 0 aliphatic carbocycles. The second kappa shape index (κ2) is 4.87. The first-order valence-electron chi connectivity index (χ1n) is 4.70. The molecule has 0 aliphatic rings. The van der Waals surface area contributed by atoms with Crippen LogP contribution >= 0.6 is 0 Å². The predicted molar refractivity (Wildman–Crippen MR) is 54.8 cm³/mol. The molecule has 0 saturated heterocycles. The standard InChI is InChI=1S/C11H18N2/c1-7-11(3,4)8-9(2)10(12-5)13-6/h9-10H,7-8H2,1-4H3. The van der Waals surface area contributed by atoms with Crippen LogP contribution < -0.4 is 0 Å². The van der Waals surface area contributed by atoms with Gasteiger partial charge in [-0.3, -0.25) is 0 Å². The molecule has 0 bridgehead atoms. The first kappa shape index (κ1) is 12.0. The van der Waals surface area contributed by atoms with E-state index in [9.17, 15) is 0 Å². The summed E-state index contributed by atoms with van der Waals surface area (Å²) in [4.78, 5) is 6.64. The Morgan fingerprint density at radius 3 is 2.00 bits per heavy atom. The van der Waals surface area contributed by atoms with Crippen molar-refractivity contribution in [2.75, 3.05) is 0 Å². The first-order chi connectivity index (χ1) is 5.96. The van der Waals surface area contributed by atoms with E-state index in [4.69, 9.17) is 13.1 Å². The van der Waals surface area contributed by atoms with Crippen molar-refractivity contribution in [2.24, 2.45) is 11.3 Å². The number of hydrogen-bond acceptors (Lipinski definition) is 0. The van der Waals surface area contributed by atoms with E-state index in [1.54, 1.807) is 0 Å². The van der Waals surface area contributed by atoms with E-state index < -0.39 is 6.17 Å². The average Bonchev–Trinajstić information content (AvgIpc) is 2.06. The highest BCUT2D eigenvalue weighted by Crippen LogP contribution is 2.31. The predicted octanol–water partition coefficient (Wildman–Crippen LogP) is 3.61. The Kier molecular flexibility index (Phi) is 4.49. The van der Waals surface area contributed by atoms with Crippen LogP contribution in [0.25, 0.3) is 9.69 Å². The summed E-state index contributed by atoms with van der Waals surface area (Å²) in [7, 11) is 0. The normalized spacial score (nSPS) is 13.5. The Hall–Kier alpha value is -1.02. The zero-order valence-corrected chi connectivity index (χ0v) is 8.96. The monoisotopic (exact) mass is 178 g/mol. The van der Waals surface area contributed by atoms with Crippen LogP contribution in [-0.4, -0.2) is 6.17 Å². The van der Waals surface area contributed by atoms with Crippen LogP contribution in [0, 0.1) is 24.5 Å². The fourth-order valence-corrected chi connectivity index (χ4v) is 1.40. The molecule has 2 nitrogen and oxygen atoms in total. The summed E-state index contributed by atoms with van der Waals surface area (Å²) >= 11 is 0. The molecule has 0 N–H and O–H groups in total. The first-order valence-corrected chi connectivity index (χ1v) is 4.70. The van der Waals surface area contributed by atoms with Crippen LogP contribution in [0.1, 0.15) is 40.5 Å². The third kappa shape index (κ3) is 3.95. The molecule has 0 rings (SSSR count). The number of hydrogen-bond donors (Lipinski definition) is 0. The Labute approximate surface area is 81.6 Å². The van der Waals surface area contributed by atoms with Crippen molar-refractivity contribution in [3.8, 4) is 0 Å². The third-order valence-corrected chi connectivity index (χ3v) is 2.61. The second-order valence-electron chi connectivity index (χ2n) is 4.37. The van der Waals surface area contributed by atoms with Crippen LogP contribution in [0.2, 0.25) is 0 Å². The lowest BCUT2D eigenvalue weighted by molar-refractivity contribution is 0.263. The highest BCUT2D eigenvalue weighted by atomic mass is 14.9. The van der Waals surface area contributed by atoms with Crippen LogP contribution in [0.3, 0.4) is 0 Å². The largest absolute Gasteiger partial charge is 0.477 e. The lowest BCUT2D eigenvalue weighted by atomic mass is 9.80. The minimum absolute atomic E-state index is 0.185. The van der Waals surface area contributed by atoms with Crippen LogP contribution in [0.4, 0.5) is 0 Å². The van der Waals surface area contributed by atoms with Gasteiger partial charge in [0.25, 0.3) is 0 Å². The zero-order valence-electron chi connectivity index (χ0n) is 8.96. The molecule has 2 heteroatoms. The van der Waals surface area contributed by atoms with Crippen molar-refractivity contribution in [1.82, 2.24) is 0 Å². The van der Waals surface area contributed by atoms with Gasteiger partial charge in [-0.1, -0.05) is 27.2 Å². The average molecular weight is 178 g/mol. The van der Waals surface area contributed by atoms with Gasteiger partial charge in [-0.05, 0) is 18.8 Å². The van der Waals surface area contributed by atoms with Gasteiger partial charge in [-0.15, -0.1) is 0 Å². The van der Waals surface area contributed by atoms with Gasteiger partial charge in [0.2, 0.25) is 0 Å². The maximum Gasteiger partial charge on any atom is 0.477 e. The Bertz CT molecular complexity index is 215. The summed E-state index contributed by atoms with van der Waals surface area (Å²) in [6.45, 7) is 22.3. The molecule has 0 aliphatic heterocycles. The minimum Gasteiger partial charge on any atom is -0.233 e. The fourth-order valence-electron chi connectivity index (χ4n) is 1.40. The van der Waals surface area contributed by atoms with Crippen LogP contribution in [-0.2, 0) is 0 Å². The van der Waals surface area contributed by atoms with Gasteiger partial charge in [0.15, 0.2) is 0 Å². The lowest BCUT2D eigenvalue weighted by Gasteiger charge is -2.23. The second-order valence-corrected chi connectivity index (χ2v) is 4.37. The molecule has 0 fully saturated rings. The highest BCUT2D eigenvalue weighted by molar-refractivity contribution is 4.92. The van der Waals surface area contributed by atoms with Gasteiger partial charge in [-0.2, -0.15) is 0 Å². The van der Waals surface area contributed by atoms with Crippen molar-refractivity contribution >= 4 is 0 Å². The number of nitrogens with zero attached hydrogens (tertiary/aromatic N) is 2. The molecule has 0 aromatic rings. The molecule has 0 radical (unpaired) electrons. The van der Waals surface area contributed by atoms with Gasteiger partial charge in [0.1, 0.15) is 5.92 Å². The summed E-state index contributed by atoms with van der Waals surface area (Å²) in [5.41, 5.74) is 0.257. The van der Waals surface area contributed by atoms with Crippen molar-refractivity contribution in [2.45, 2.75) is 46.7 Å². The van der Waals surface area contributed by atoms with Gasteiger partial charge >= 0.3 is 6.17 Å². The van der Waals surface area contributed by atoms with E-state index in [0.717, 1.165) is 12.8 Å². The van der Waals surface area contributed by atoms with Crippen molar-refractivity contribution < 1.29 is 0 Å². The van der Waals surface area contributed by atoms with E-state index >= 15 is 0 Å². The molecule has 1 atom stereocenters. The molecule has 0 aromatic heterocycles. The summed E-state index contributed by atoms with van der Waals surface area (Å²) in [5.74, 6) is 0.185. The smallest absolute Gasteiger partial charge is 0.233 e. The van der Waals surface area contributed by atoms with Gasteiger partial charge in [0.05, 0.1) is 0 Å². The Morgan fingerprint density at radius 1 is 1.23 bits per heavy atom. The van der Waals surface area contributed by atoms with E-state index in [2.05, 4.69) is 30.5 Å². The van der Waals surface area contributed by atoms with Crippen molar-refractivity contribution in [3.05, 3.63) is 22.8 Å². The maximum absolute atomic E-state index is 6.87. The van der Waals surface area contributed by atoms with E-state index in [1.807, 2.05) is 6.92 Å². The van der Waals surface area contributed by atoms with Crippen LogP contribution in [0.15, 0.2) is 0 Å². The molecule has 1 unspecified atom stereocenters. The molecular weight excluding hydrogens is 160 g/mol. The summed E-state index contributed by atoms with van der Waals surface area (Å²) in [6.07, 6.45) is 1.57. The topological polar surface area (TPSA) is 8.72 Å². The molecule has 0 spiro atoms. The quantitative estimate of drug-likeness (QED) is 0.581. The summed E-state index contributed by atoms with van der Waals surface area (Å²) in [5, 5.41) is 0. The molecule has 0 saturated carbocycles.